The van der Waals surface area contributed by atoms with Crippen molar-refractivity contribution in [3.63, 3.8) is 0 Å². The van der Waals surface area contributed by atoms with Crippen LogP contribution >= 0.6 is 11.3 Å². The van der Waals surface area contributed by atoms with Crippen molar-refractivity contribution in [3.8, 4) is 11.3 Å². The van der Waals surface area contributed by atoms with Crippen LogP contribution in [0.4, 0.5) is 5.69 Å². The van der Waals surface area contributed by atoms with Gasteiger partial charge in [-0.1, -0.05) is 29.3 Å². The number of nitrogens with zero attached hydrogens (tertiary/aromatic N) is 1. The SMILES string of the molecule is Cc1ccc(NC(=O)c2cc(-c3ccsc3)nc3ccc(C)cc23)cc1. The number of fused-ring (bicyclic) bond motifs is 1. The molecule has 0 atom stereocenters. The van der Waals surface area contributed by atoms with Crippen molar-refractivity contribution >= 4 is 33.8 Å². The maximum atomic E-state index is 13.0. The van der Waals surface area contributed by atoms with E-state index in [9.17, 15) is 4.79 Å². The molecule has 2 heterocycles. The van der Waals surface area contributed by atoms with Gasteiger partial charge in [0.1, 0.15) is 0 Å². The lowest BCUT2D eigenvalue weighted by atomic mass is 10.0. The molecule has 0 aliphatic carbocycles. The van der Waals surface area contributed by atoms with E-state index in [1.165, 1.54) is 0 Å². The zero-order valence-corrected chi connectivity index (χ0v) is 15.4. The van der Waals surface area contributed by atoms with E-state index in [2.05, 4.69) is 5.32 Å². The van der Waals surface area contributed by atoms with Gasteiger partial charge in [0.15, 0.2) is 0 Å². The predicted molar refractivity (Wildman–Crippen MR) is 109 cm³/mol. The van der Waals surface area contributed by atoms with Gasteiger partial charge in [0.25, 0.3) is 5.91 Å². The summed E-state index contributed by atoms with van der Waals surface area (Å²) in [6.07, 6.45) is 0. The summed E-state index contributed by atoms with van der Waals surface area (Å²) < 4.78 is 0. The van der Waals surface area contributed by atoms with Crippen LogP contribution in [0.2, 0.25) is 0 Å². The van der Waals surface area contributed by atoms with E-state index in [-0.39, 0.29) is 5.91 Å². The fourth-order valence-corrected chi connectivity index (χ4v) is 3.57. The van der Waals surface area contributed by atoms with Crippen molar-refractivity contribution in [1.29, 1.82) is 0 Å². The summed E-state index contributed by atoms with van der Waals surface area (Å²) >= 11 is 1.62. The highest BCUT2D eigenvalue weighted by Crippen LogP contribution is 2.27. The summed E-state index contributed by atoms with van der Waals surface area (Å²) in [7, 11) is 0. The van der Waals surface area contributed by atoms with Gasteiger partial charge in [0.05, 0.1) is 16.8 Å². The first kappa shape index (κ1) is 16.5. The molecular formula is C22H18N2OS. The average Bonchev–Trinajstić information content (AvgIpc) is 3.17. The van der Waals surface area contributed by atoms with Gasteiger partial charge in [0, 0.05) is 22.0 Å². The third kappa shape index (κ3) is 3.24. The van der Waals surface area contributed by atoms with Crippen LogP contribution in [0.3, 0.4) is 0 Å². The highest BCUT2D eigenvalue weighted by molar-refractivity contribution is 7.08. The second-order valence-electron chi connectivity index (χ2n) is 6.41. The molecule has 0 aliphatic rings. The second-order valence-corrected chi connectivity index (χ2v) is 7.19. The molecule has 0 bridgehead atoms. The molecule has 0 aliphatic heterocycles. The number of rotatable bonds is 3. The van der Waals surface area contributed by atoms with Gasteiger partial charge in [-0.25, -0.2) is 4.98 Å². The number of carbonyl (C=O) groups excluding carboxylic acids is 1. The van der Waals surface area contributed by atoms with Gasteiger partial charge >= 0.3 is 0 Å². The first-order valence-electron chi connectivity index (χ1n) is 8.42. The Balaban J connectivity index is 1.82. The van der Waals surface area contributed by atoms with Crippen molar-refractivity contribution in [2.45, 2.75) is 13.8 Å². The number of nitrogens with one attached hydrogen (secondary N) is 1. The van der Waals surface area contributed by atoms with Gasteiger partial charge in [-0.05, 0) is 55.6 Å². The molecule has 2 aromatic carbocycles. The Kier molecular flexibility index (Phi) is 4.27. The van der Waals surface area contributed by atoms with Crippen LogP contribution in [-0.2, 0) is 0 Å². The van der Waals surface area contributed by atoms with Crippen LogP contribution in [0.15, 0.2) is 65.4 Å². The van der Waals surface area contributed by atoms with Gasteiger partial charge in [-0.2, -0.15) is 11.3 Å². The van der Waals surface area contributed by atoms with Crippen molar-refractivity contribution in [3.05, 3.63) is 82.0 Å². The largest absolute Gasteiger partial charge is 0.322 e. The fraction of sp³-hybridized carbons (Fsp3) is 0.0909. The lowest BCUT2D eigenvalue weighted by Gasteiger charge is -2.11. The van der Waals surface area contributed by atoms with Gasteiger partial charge in [0.2, 0.25) is 0 Å². The zero-order valence-electron chi connectivity index (χ0n) is 14.6. The molecular weight excluding hydrogens is 340 g/mol. The number of aryl methyl sites for hydroxylation is 2. The molecule has 3 nitrogen and oxygen atoms in total. The Morgan fingerprint density at radius 1 is 0.962 bits per heavy atom. The summed E-state index contributed by atoms with van der Waals surface area (Å²) in [6, 6.07) is 17.7. The number of hydrogen-bond donors (Lipinski definition) is 1. The average molecular weight is 358 g/mol. The van der Waals surface area contributed by atoms with Crippen LogP contribution in [0, 0.1) is 13.8 Å². The van der Waals surface area contributed by atoms with E-state index in [4.69, 9.17) is 4.98 Å². The molecule has 4 rings (SSSR count). The van der Waals surface area contributed by atoms with Gasteiger partial charge in [-0.15, -0.1) is 0 Å². The highest BCUT2D eigenvalue weighted by Gasteiger charge is 2.15. The molecule has 128 valence electrons. The van der Waals surface area contributed by atoms with Crippen molar-refractivity contribution in [1.82, 2.24) is 4.98 Å². The molecule has 4 aromatic rings. The van der Waals surface area contributed by atoms with E-state index in [0.717, 1.165) is 39.0 Å². The smallest absolute Gasteiger partial charge is 0.256 e. The molecule has 1 amide bonds. The second kappa shape index (κ2) is 6.73. The molecule has 26 heavy (non-hydrogen) atoms. The lowest BCUT2D eigenvalue weighted by Crippen LogP contribution is -2.13. The molecule has 0 radical (unpaired) electrons. The van der Waals surface area contributed by atoms with Gasteiger partial charge < -0.3 is 5.32 Å². The van der Waals surface area contributed by atoms with Crippen LogP contribution < -0.4 is 5.32 Å². The Hall–Kier alpha value is -2.98. The van der Waals surface area contributed by atoms with Crippen molar-refractivity contribution in [2.24, 2.45) is 0 Å². The summed E-state index contributed by atoms with van der Waals surface area (Å²) in [5.41, 5.74) is 6.36. The number of anilines is 1. The Morgan fingerprint density at radius 2 is 1.73 bits per heavy atom. The molecule has 0 unspecified atom stereocenters. The number of amides is 1. The topological polar surface area (TPSA) is 42.0 Å². The van der Waals surface area contributed by atoms with E-state index < -0.39 is 0 Å². The number of hydrogen-bond acceptors (Lipinski definition) is 3. The van der Waals surface area contributed by atoms with Crippen molar-refractivity contribution in [2.75, 3.05) is 5.32 Å². The van der Waals surface area contributed by atoms with Crippen LogP contribution in [0.25, 0.3) is 22.2 Å². The molecule has 0 spiro atoms. The van der Waals surface area contributed by atoms with Crippen LogP contribution in [0.5, 0.6) is 0 Å². The molecule has 0 fully saturated rings. The molecule has 2 aromatic heterocycles. The summed E-state index contributed by atoms with van der Waals surface area (Å²) in [5, 5.41) is 7.94. The van der Waals surface area contributed by atoms with Crippen LogP contribution in [0.1, 0.15) is 21.5 Å². The normalized spacial score (nSPS) is 10.8. The van der Waals surface area contributed by atoms with Crippen LogP contribution in [-0.4, -0.2) is 10.9 Å². The number of pyridine rings is 1. The first-order valence-corrected chi connectivity index (χ1v) is 9.36. The predicted octanol–water partition coefficient (Wildman–Crippen LogP) is 5.83. The summed E-state index contributed by atoms with van der Waals surface area (Å²) in [4.78, 5) is 17.8. The minimum Gasteiger partial charge on any atom is -0.322 e. The number of benzene rings is 2. The summed E-state index contributed by atoms with van der Waals surface area (Å²) in [6.45, 7) is 4.05. The number of thiophene rings is 1. The zero-order chi connectivity index (χ0) is 18.1. The standard InChI is InChI=1S/C22H18N2OS/c1-14-3-6-17(7-4-14)23-22(25)19-12-21(16-9-10-26-13-16)24-20-8-5-15(2)11-18(19)20/h3-13H,1-2H3,(H,23,25). The molecule has 0 saturated heterocycles. The quantitative estimate of drug-likeness (QED) is 0.500. The first-order chi connectivity index (χ1) is 12.6. The van der Waals surface area contributed by atoms with E-state index in [0.29, 0.717) is 5.56 Å². The minimum absolute atomic E-state index is 0.122. The third-order valence-electron chi connectivity index (χ3n) is 4.34. The maximum absolute atomic E-state index is 13.0. The molecule has 0 saturated carbocycles. The third-order valence-corrected chi connectivity index (χ3v) is 5.02. The number of aromatic nitrogens is 1. The lowest BCUT2D eigenvalue weighted by molar-refractivity contribution is 0.102. The highest BCUT2D eigenvalue weighted by atomic mass is 32.1. The Bertz CT molecular complexity index is 1080. The van der Waals surface area contributed by atoms with E-state index in [1.54, 1.807) is 11.3 Å². The monoisotopic (exact) mass is 358 g/mol. The van der Waals surface area contributed by atoms with Crippen molar-refractivity contribution < 1.29 is 4.79 Å². The Labute approximate surface area is 156 Å². The fourth-order valence-electron chi connectivity index (χ4n) is 2.92. The van der Waals surface area contributed by atoms with E-state index >= 15 is 0 Å². The summed E-state index contributed by atoms with van der Waals surface area (Å²) in [5.74, 6) is -0.122. The van der Waals surface area contributed by atoms with Gasteiger partial charge in [-0.3, -0.25) is 4.79 Å². The number of carbonyl (C=O) groups is 1. The Morgan fingerprint density at radius 3 is 2.46 bits per heavy atom. The molecule has 1 N–H and O–H groups in total. The molecule has 4 heteroatoms. The van der Waals surface area contributed by atoms with E-state index in [1.807, 2.05) is 79.2 Å². The maximum Gasteiger partial charge on any atom is 0.256 e. The minimum atomic E-state index is -0.122.